The van der Waals surface area contributed by atoms with Gasteiger partial charge in [-0.25, -0.2) is 8.78 Å². The molecule has 0 spiro atoms. The van der Waals surface area contributed by atoms with Crippen LogP contribution in [0.15, 0.2) is 16.6 Å². The summed E-state index contributed by atoms with van der Waals surface area (Å²) in [5, 5.41) is 2.16. The highest BCUT2D eigenvalue weighted by molar-refractivity contribution is 9.10. The Hall–Kier alpha value is -2.36. The second kappa shape index (κ2) is 8.34. The number of carbonyl (C=O) groups excluding carboxylic acids is 4. The van der Waals surface area contributed by atoms with E-state index >= 15 is 0 Å². The molecule has 2 atom stereocenters. The number of esters is 1. The van der Waals surface area contributed by atoms with Crippen LogP contribution >= 0.6 is 15.9 Å². The van der Waals surface area contributed by atoms with Crippen molar-refractivity contribution in [1.29, 1.82) is 0 Å². The Morgan fingerprint density at radius 1 is 1.14 bits per heavy atom. The van der Waals surface area contributed by atoms with Gasteiger partial charge >= 0.3 is 5.97 Å². The molecular formula is C18H17BrF2N2O5. The largest absolute Gasteiger partial charge is 0.454 e. The number of amides is 3. The summed E-state index contributed by atoms with van der Waals surface area (Å²) in [5.74, 6) is -5.12. The van der Waals surface area contributed by atoms with Gasteiger partial charge in [0.1, 0.15) is 12.4 Å². The van der Waals surface area contributed by atoms with E-state index in [1.165, 1.54) is 0 Å². The quantitative estimate of drug-likeness (QED) is 0.540. The van der Waals surface area contributed by atoms with Crippen molar-refractivity contribution in [2.75, 3.05) is 18.5 Å². The molecule has 1 aromatic rings. The lowest BCUT2D eigenvalue weighted by Crippen LogP contribution is -2.37. The van der Waals surface area contributed by atoms with Gasteiger partial charge in [-0.05, 0) is 34.8 Å². The average Bonchev–Trinajstić information content (AvgIpc) is 2.88. The zero-order valence-corrected chi connectivity index (χ0v) is 16.3. The summed E-state index contributed by atoms with van der Waals surface area (Å²) in [6.07, 6.45) is 2.99. The van der Waals surface area contributed by atoms with E-state index < -0.39 is 36.7 Å². The maximum Gasteiger partial charge on any atom is 0.326 e. The van der Waals surface area contributed by atoms with Crippen molar-refractivity contribution >= 4 is 45.3 Å². The van der Waals surface area contributed by atoms with E-state index in [2.05, 4.69) is 21.2 Å². The van der Waals surface area contributed by atoms with Crippen LogP contribution in [0, 0.1) is 23.5 Å². The fraction of sp³-hybridized carbons (Fsp3) is 0.444. The molecule has 10 heteroatoms. The molecule has 150 valence electrons. The molecule has 2 unspecified atom stereocenters. The lowest BCUT2D eigenvalue weighted by molar-refractivity contribution is -0.154. The van der Waals surface area contributed by atoms with Crippen molar-refractivity contribution < 1.29 is 32.7 Å². The van der Waals surface area contributed by atoms with Crippen LogP contribution in [0.4, 0.5) is 14.5 Å². The van der Waals surface area contributed by atoms with Crippen molar-refractivity contribution in [3.05, 3.63) is 28.2 Å². The van der Waals surface area contributed by atoms with E-state index in [9.17, 15) is 28.0 Å². The molecule has 7 nitrogen and oxygen atoms in total. The average molecular weight is 459 g/mol. The lowest BCUT2D eigenvalue weighted by atomic mass is 9.81. The minimum absolute atomic E-state index is 0.0134. The highest BCUT2D eigenvalue weighted by Gasteiger charge is 2.48. The summed E-state index contributed by atoms with van der Waals surface area (Å²) in [5.41, 5.74) is -0.295. The standard InChI is InChI=1S/C18H17BrF2N2O5/c19-12-5-9(20)6-13(21)16(12)22-14(24)8-28-15(25)7-23-17(26)10-3-1-2-4-11(10)18(23)27/h5-6,10-11H,1-4,7-8H2,(H,22,24). The van der Waals surface area contributed by atoms with Crippen LogP contribution in [-0.4, -0.2) is 41.7 Å². The molecule has 0 radical (unpaired) electrons. The van der Waals surface area contributed by atoms with E-state index in [0.29, 0.717) is 18.9 Å². The van der Waals surface area contributed by atoms with Crippen LogP contribution < -0.4 is 5.32 Å². The van der Waals surface area contributed by atoms with Crippen LogP contribution in [0.5, 0.6) is 0 Å². The minimum atomic E-state index is -0.998. The Labute approximate surface area is 167 Å². The first-order valence-corrected chi connectivity index (χ1v) is 9.52. The van der Waals surface area contributed by atoms with Gasteiger partial charge < -0.3 is 10.1 Å². The number of nitrogens with zero attached hydrogens (tertiary/aromatic N) is 1. The van der Waals surface area contributed by atoms with Gasteiger partial charge in [-0.3, -0.25) is 24.1 Å². The number of carbonyl (C=O) groups is 4. The van der Waals surface area contributed by atoms with Crippen LogP contribution in [0.1, 0.15) is 25.7 Å². The Kier molecular flexibility index (Phi) is 6.07. The van der Waals surface area contributed by atoms with Crippen molar-refractivity contribution in [2.24, 2.45) is 11.8 Å². The molecule has 1 N–H and O–H groups in total. The van der Waals surface area contributed by atoms with Gasteiger partial charge in [0.15, 0.2) is 12.4 Å². The predicted octanol–water partition coefficient (Wildman–Crippen LogP) is 2.38. The van der Waals surface area contributed by atoms with Gasteiger partial charge in [-0.2, -0.15) is 0 Å². The van der Waals surface area contributed by atoms with E-state index in [0.717, 1.165) is 23.8 Å². The van der Waals surface area contributed by atoms with Gasteiger partial charge in [0.05, 0.1) is 17.5 Å². The number of ether oxygens (including phenoxy) is 1. The van der Waals surface area contributed by atoms with Crippen LogP contribution in [0.25, 0.3) is 0 Å². The molecule has 3 amide bonds. The summed E-state index contributed by atoms with van der Waals surface area (Å²) in [6.45, 7) is -1.31. The van der Waals surface area contributed by atoms with Crippen LogP contribution in [0.2, 0.25) is 0 Å². The molecular weight excluding hydrogens is 442 g/mol. The van der Waals surface area contributed by atoms with Crippen molar-refractivity contribution in [3.63, 3.8) is 0 Å². The van der Waals surface area contributed by atoms with Gasteiger partial charge in [0.2, 0.25) is 11.8 Å². The van der Waals surface area contributed by atoms with Gasteiger partial charge in [0.25, 0.3) is 5.91 Å². The number of hydrogen-bond donors (Lipinski definition) is 1. The zero-order valence-electron chi connectivity index (χ0n) is 14.7. The highest BCUT2D eigenvalue weighted by atomic mass is 79.9. The third-order valence-corrected chi connectivity index (χ3v) is 5.48. The highest BCUT2D eigenvalue weighted by Crippen LogP contribution is 2.37. The van der Waals surface area contributed by atoms with Gasteiger partial charge in [-0.1, -0.05) is 12.8 Å². The summed E-state index contributed by atoms with van der Waals surface area (Å²) in [7, 11) is 0. The fourth-order valence-corrected chi connectivity index (χ4v) is 4.05. The monoisotopic (exact) mass is 458 g/mol. The molecule has 3 rings (SSSR count). The topological polar surface area (TPSA) is 92.8 Å². The van der Waals surface area contributed by atoms with Gasteiger partial charge in [-0.15, -0.1) is 0 Å². The van der Waals surface area contributed by atoms with Crippen molar-refractivity contribution in [3.8, 4) is 0 Å². The minimum Gasteiger partial charge on any atom is -0.454 e. The van der Waals surface area contributed by atoms with Gasteiger partial charge in [0, 0.05) is 10.5 Å². The number of fused-ring (bicyclic) bond motifs is 1. The van der Waals surface area contributed by atoms with E-state index in [4.69, 9.17) is 4.74 Å². The molecule has 1 aliphatic heterocycles. The molecule has 2 aliphatic rings. The number of anilines is 1. The molecule has 1 saturated carbocycles. The van der Waals surface area contributed by atoms with Crippen LogP contribution in [0.3, 0.4) is 0 Å². The van der Waals surface area contributed by atoms with Crippen LogP contribution in [-0.2, 0) is 23.9 Å². The molecule has 1 saturated heterocycles. The maximum atomic E-state index is 13.7. The third kappa shape index (κ3) is 4.21. The number of halogens is 3. The number of hydrogen-bond acceptors (Lipinski definition) is 5. The molecule has 1 heterocycles. The molecule has 2 fully saturated rings. The number of rotatable bonds is 5. The van der Waals surface area contributed by atoms with Crippen molar-refractivity contribution in [2.45, 2.75) is 25.7 Å². The first-order valence-electron chi connectivity index (χ1n) is 8.73. The fourth-order valence-electron chi connectivity index (χ4n) is 3.54. The second-order valence-corrected chi connectivity index (χ2v) is 7.57. The molecule has 0 bridgehead atoms. The predicted molar refractivity (Wildman–Crippen MR) is 95.8 cm³/mol. The third-order valence-electron chi connectivity index (χ3n) is 4.86. The first-order chi connectivity index (χ1) is 13.3. The summed E-state index contributed by atoms with van der Waals surface area (Å²) in [6, 6.07) is 1.56. The molecule has 28 heavy (non-hydrogen) atoms. The first kappa shape index (κ1) is 20.4. The summed E-state index contributed by atoms with van der Waals surface area (Å²) >= 11 is 2.92. The molecule has 0 aromatic heterocycles. The Bertz CT molecular complexity index is 800. The summed E-state index contributed by atoms with van der Waals surface area (Å²) < 4.78 is 31.5. The number of imide groups is 1. The Morgan fingerprint density at radius 2 is 1.75 bits per heavy atom. The zero-order chi connectivity index (χ0) is 20.4. The smallest absolute Gasteiger partial charge is 0.326 e. The molecule has 1 aliphatic carbocycles. The van der Waals surface area contributed by atoms with E-state index in [-0.39, 0.29) is 33.8 Å². The normalized spacial score (nSPS) is 21.5. The lowest BCUT2D eigenvalue weighted by Gasteiger charge is -2.19. The molecule has 1 aromatic carbocycles. The summed E-state index contributed by atoms with van der Waals surface area (Å²) in [4.78, 5) is 49.3. The number of benzene rings is 1. The SMILES string of the molecule is O=C(COC(=O)CN1C(=O)C2CCCCC2C1=O)Nc1c(F)cc(F)cc1Br. The maximum absolute atomic E-state index is 13.7. The van der Waals surface area contributed by atoms with E-state index in [1.807, 2.05) is 0 Å². The Balaban J connectivity index is 1.52. The Morgan fingerprint density at radius 3 is 2.32 bits per heavy atom. The number of likely N-dealkylation sites (tertiary alicyclic amines) is 1. The second-order valence-electron chi connectivity index (χ2n) is 6.71. The van der Waals surface area contributed by atoms with E-state index in [1.54, 1.807) is 0 Å². The van der Waals surface area contributed by atoms with Crippen molar-refractivity contribution in [1.82, 2.24) is 4.90 Å². The number of nitrogens with one attached hydrogen (secondary N) is 1.